The summed E-state index contributed by atoms with van der Waals surface area (Å²) in [7, 11) is 2.97. The summed E-state index contributed by atoms with van der Waals surface area (Å²) >= 11 is 0. The molecule has 0 saturated heterocycles. The second-order valence-corrected chi connectivity index (χ2v) is 9.69. The fourth-order valence-corrected chi connectivity index (χ4v) is 4.64. The molecule has 4 aromatic rings. The van der Waals surface area contributed by atoms with Gasteiger partial charge in [0.2, 0.25) is 0 Å². The second-order valence-electron chi connectivity index (χ2n) is 9.69. The maximum Gasteiger partial charge on any atom is 0.268 e. The number of methoxy groups -OCH3 is 2. The number of nitrogens with one attached hydrogen (secondary N) is 3. The number of carbonyl (C=O) groups is 1. The number of ether oxygens (including phenoxy) is 2. The molecule has 1 heterocycles. The first-order valence-corrected chi connectivity index (χ1v) is 12.9. The lowest BCUT2D eigenvalue weighted by molar-refractivity contribution is 0.0946. The topological polar surface area (TPSA) is 156 Å². The van der Waals surface area contributed by atoms with Crippen LogP contribution in [-0.2, 0) is 19.6 Å². The molecule has 3 aromatic carbocycles. The number of aromatic hydroxyl groups is 2. The minimum atomic E-state index is -0.789. The Hall–Kier alpha value is -4.25. The van der Waals surface area contributed by atoms with E-state index in [9.17, 15) is 25.2 Å². The van der Waals surface area contributed by atoms with E-state index in [0.29, 0.717) is 46.8 Å². The van der Waals surface area contributed by atoms with Gasteiger partial charge in [-0.2, -0.15) is 0 Å². The lowest BCUT2D eigenvalue weighted by Gasteiger charge is -2.18. The zero-order valence-corrected chi connectivity index (χ0v) is 22.7. The lowest BCUT2D eigenvalue weighted by Crippen LogP contribution is -2.32. The predicted octanol–water partition coefficient (Wildman–Crippen LogP) is 3.27. The standard InChI is InChI=1S/C30H35N3O7/c1-17(31-15-27(37)19-5-7-26(36)21(10-19)16-34)8-18-4-6-24-20(9-18)11-25(33-24)30(38)32-14-23-28(39-2)12-22(35)13-29(23)40-3/h4-7,9-13,17,27,31,33-37H,8,14-16H2,1-3H3,(H,32,38)/t17?,27-/m0/s1. The number of fused-ring (bicyclic) bond motifs is 1. The molecule has 0 fully saturated rings. The van der Waals surface area contributed by atoms with Crippen molar-refractivity contribution in [2.75, 3.05) is 20.8 Å². The van der Waals surface area contributed by atoms with Crippen LogP contribution in [0.4, 0.5) is 0 Å². The fraction of sp³-hybridized carbons (Fsp3) is 0.300. The van der Waals surface area contributed by atoms with Gasteiger partial charge in [-0.05, 0) is 54.8 Å². The second kappa shape index (κ2) is 12.7. The van der Waals surface area contributed by atoms with Crippen LogP contribution in [0.25, 0.3) is 10.9 Å². The normalized spacial score (nSPS) is 12.7. The largest absolute Gasteiger partial charge is 0.508 e. The van der Waals surface area contributed by atoms with Crippen molar-refractivity contribution in [1.82, 2.24) is 15.6 Å². The number of aliphatic hydroxyl groups excluding tert-OH is 2. The number of rotatable bonds is 12. The van der Waals surface area contributed by atoms with E-state index < -0.39 is 6.10 Å². The van der Waals surface area contributed by atoms with Gasteiger partial charge in [0, 0.05) is 41.2 Å². The van der Waals surface area contributed by atoms with Crippen molar-refractivity contribution >= 4 is 16.8 Å². The van der Waals surface area contributed by atoms with Crippen LogP contribution >= 0.6 is 0 Å². The van der Waals surface area contributed by atoms with Crippen molar-refractivity contribution in [3.8, 4) is 23.0 Å². The third-order valence-corrected chi connectivity index (χ3v) is 6.81. The van der Waals surface area contributed by atoms with Gasteiger partial charge in [-0.15, -0.1) is 0 Å². The summed E-state index contributed by atoms with van der Waals surface area (Å²) in [5.41, 5.74) is 3.91. The average molecular weight is 550 g/mol. The lowest BCUT2D eigenvalue weighted by atomic mass is 10.0. The molecule has 0 saturated carbocycles. The first-order chi connectivity index (χ1) is 19.2. The highest BCUT2D eigenvalue weighted by atomic mass is 16.5. The first kappa shape index (κ1) is 28.8. The van der Waals surface area contributed by atoms with Gasteiger partial charge >= 0.3 is 0 Å². The zero-order chi connectivity index (χ0) is 28.8. The summed E-state index contributed by atoms with van der Waals surface area (Å²) in [6.45, 7) is 2.18. The van der Waals surface area contributed by atoms with Crippen LogP contribution in [0.1, 0.15) is 45.8 Å². The number of aromatic nitrogens is 1. The number of aromatic amines is 1. The molecule has 1 amide bonds. The van der Waals surface area contributed by atoms with E-state index in [1.54, 1.807) is 18.2 Å². The van der Waals surface area contributed by atoms with Gasteiger partial charge < -0.3 is 45.5 Å². The summed E-state index contributed by atoms with van der Waals surface area (Å²) in [6.07, 6.45) is -0.0871. The zero-order valence-electron chi connectivity index (χ0n) is 22.7. The molecular weight excluding hydrogens is 514 g/mol. The van der Waals surface area contributed by atoms with Crippen LogP contribution in [0, 0.1) is 0 Å². The number of aliphatic hydroxyl groups is 2. The molecule has 4 rings (SSSR count). The molecule has 212 valence electrons. The molecular formula is C30H35N3O7. The van der Waals surface area contributed by atoms with E-state index in [0.717, 1.165) is 16.5 Å². The molecule has 0 aliphatic carbocycles. The van der Waals surface area contributed by atoms with Gasteiger partial charge in [-0.25, -0.2) is 0 Å². The van der Waals surface area contributed by atoms with Crippen LogP contribution in [0.15, 0.2) is 54.6 Å². The summed E-state index contributed by atoms with van der Waals surface area (Å²) in [4.78, 5) is 16.1. The van der Waals surface area contributed by atoms with Crippen LogP contribution in [-0.4, -0.2) is 58.1 Å². The van der Waals surface area contributed by atoms with E-state index in [-0.39, 0.29) is 36.6 Å². The highest BCUT2D eigenvalue weighted by Crippen LogP contribution is 2.33. The molecule has 1 unspecified atom stereocenters. The van der Waals surface area contributed by atoms with Crippen LogP contribution in [0.2, 0.25) is 0 Å². The quantitative estimate of drug-likeness (QED) is 0.142. The van der Waals surface area contributed by atoms with E-state index in [1.807, 2.05) is 25.1 Å². The molecule has 7 N–H and O–H groups in total. The Kier molecular flexibility index (Phi) is 9.15. The van der Waals surface area contributed by atoms with Crippen LogP contribution < -0.4 is 20.1 Å². The average Bonchev–Trinajstić information content (AvgIpc) is 3.38. The SMILES string of the molecule is COc1cc(O)cc(OC)c1CNC(=O)c1cc2cc(CC(C)NC[C@H](O)c3ccc(O)c(CO)c3)ccc2[nH]1. The molecule has 1 aromatic heterocycles. The van der Waals surface area contributed by atoms with Crippen molar-refractivity contribution in [1.29, 1.82) is 0 Å². The van der Waals surface area contributed by atoms with Crippen molar-refractivity contribution in [3.05, 3.63) is 82.5 Å². The van der Waals surface area contributed by atoms with E-state index >= 15 is 0 Å². The molecule has 0 aliphatic heterocycles. The Bertz CT molecular complexity index is 1460. The Morgan fingerprint density at radius 2 is 1.73 bits per heavy atom. The summed E-state index contributed by atoms with van der Waals surface area (Å²) in [6, 6.07) is 15.4. The smallest absolute Gasteiger partial charge is 0.268 e. The van der Waals surface area contributed by atoms with E-state index in [2.05, 4.69) is 15.6 Å². The minimum Gasteiger partial charge on any atom is -0.508 e. The van der Waals surface area contributed by atoms with E-state index in [1.165, 1.54) is 32.4 Å². The molecule has 2 atom stereocenters. The third-order valence-electron chi connectivity index (χ3n) is 6.81. The van der Waals surface area contributed by atoms with Crippen LogP contribution in [0.3, 0.4) is 0 Å². The molecule has 0 spiro atoms. The van der Waals surface area contributed by atoms with Gasteiger partial charge in [0.25, 0.3) is 5.91 Å². The Morgan fingerprint density at radius 1 is 1.00 bits per heavy atom. The summed E-state index contributed by atoms with van der Waals surface area (Å²) in [5.74, 6) is 0.527. The van der Waals surface area contributed by atoms with Gasteiger partial charge in [0.05, 0.1) is 39.0 Å². The molecule has 0 aliphatic rings. The van der Waals surface area contributed by atoms with Gasteiger partial charge in [-0.3, -0.25) is 4.79 Å². The summed E-state index contributed by atoms with van der Waals surface area (Å²) in [5, 5.41) is 46.5. The number of carbonyl (C=O) groups excluding carboxylic acids is 1. The molecule has 10 heteroatoms. The van der Waals surface area contributed by atoms with Gasteiger partial charge in [0.1, 0.15) is 28.7 Å². The third kappa shape index (κ3) is 6.66. The number of hydrogen-bond donors (Lipinski definition) is 7. The van der Waals surface area contributed by atoms with Crippen molar-refractivity contribution in [2.45, 2.75) is 38.6 Å². The number of amides is 1. The molecule has 10 nitrogen and oxygen atoms in total. The Morgan fingerprint density at radius 3 is 2.40 bits per heavy atom. The molecule has 0 radical (unpaired) electrons. The molecule has 40 heavy (non-hydrogen) atoms. The fourth-order valence-electron chi connectivity index (χ4n) is 4.64. The van der Waals surface area contributed by atoms with Crippen molar-refractivity contribution in [2.24, 2.45) is 0 Å². The Balaban J connectivity index is 1.36. The maximum absolute atomic E-state index is 12.9. The predicted molar refractivity (Wildman–Crippen MR) is 151 cm³/mol. The number of benzene rings is 3. The Labute approximate surface area is 232 Å². The van der Waals surface area contributed by atoms with Gasteiger partial charge in [-0.1, -0.05) is 12.1 Å². The number of H-pyrrole nitrogens is 1. The molecule has 0 bridgehead atoms. The monoisotopic (exact) mass is 549 g/mol. The number of phenolic OH excluding ortho intramolecular Hbond substituents is 1. The number of hydrogen-bond acceptors (Lipinski definition) is 8. The highest BCUT2D eigenvalue weighted by molar-refractivity contribution is 5.98. The first-order valence-electron chi connectivity index (χ1n) is 12.9. The van der Waals surface area contributed by atoms with Crippen molar-refractivity contribution < 1.29 is 34.7 Å². The highest BCUT2D eigenvalue weighted by Gasteiger charge is 2.16. The van der Waals surface area contributed by atoms with Gasteiger partial charge in [0.15, 0.2) is 0 Å². The van der Waals surface area contributed by atoms with Crippen molar-refractivity contribution in [3.63, 3.8) is 0 Å². The minimum absolute atomic E-state index is 0.00151. The van der Waals surface area contributed by atoms with Crippen LogP contribution in [0.5, 0.6) is 23.0 Å². The summed E-state index contributed by atoms with van der Waals surface area (Å²) < 4.78 is 10.7. The van der Waals surface area contributed by atoms with E-state index in [4.69, 9.17) is 9.47 Å². The number of phenols is 2. The maximum atomic E-state index is 12.9.